The summed E-state index contributed by atoms with van der Waals surface area (Å²) in [6.07, 6.45) is -2.43. The van der Waals surface area contributed by atoms with Gasteiger partial charge in [-0.15, -0.1) is 0 Å². The highest BCUT2D eigenvalue weighted by molar-refractivity contribution is 5.68. The van der Waals surface area contributed by atoms with E-state index in [1.165, 1.54) is 18.5 Å². The second kappa shape index (κ2) is 4.79. The summed E-state index contributed by atoms with van der Waals surface area (Å²) in [4.78, 5) is 13.2. The van der Waals surface area contributed by atoms with Crippen molar-refractivity contribution in [3.05, 3.63) is 29.7 Å². The minimum atomic E-state index is -4.67. The summed E-state index contributed by atoms with van der Waals surface area (Å²) in [6, 6.07) is 1.52. The van der Waals surface area contributed by atoms with Gasteiger partial charge in [-0.3, -0.25) is 4.79 Å². The molecule has 2 rings (SSSR count). The number of aromatic nitrogens is 2. The number of aromatic amines is 1. The van der Waals surface area contributed by atoms with Gasteiger partial charge in [0.15, 0.2) is 11.5 Å². The average molecular weight is 274 g/mol. The lowest BCUT2D eigenvalue weighted by Gasteiger charge is -2.05. The van der Waals surface area contributed by atoms with Crippen molar-refractivity contribution >= 4 is 5.97 Å². The number of nitrogens with zero attached hydrogens (tertiary/aromatic N) is 1. The van der Waals surface area contributed by atoms with Crippen LogP contribution in [0.4, 0.5) is 13.2 Å². The van der Waals surface area contributed by atoms with Gasteiger partial charge in [-0.1, -0.05) is 5.16 Å². The van der Waals surface area contributed by atoms with Crippen molar-refractivity contribution < 1.29 is 27.6 Å². The first kappa shape index (κ1) is 13.2. The van der Waals surface area contributed by atoms with Crippen molar-refractivity contribution in [2.75, 3.05) is 0 Å². The van der Waals surface area contributed by atoms with E-state index >= 15 is 0 Å². The summed E-state index contributed by atoms with van der Waals surface area (Å²) < 4.78 is 43.0. The van der Waals surface area contributed by atoms with Crippen LogP contribution >= 0.6 is 0 Å². The number of alkyl halides is 3. The third-order valence-corrected chi connectivity index (χ3v) is 2.51. The normalized spacial score (nSPS) is 11.7. The zero-order chi connectivity index (χ0) is 14.0. The van der Waals surface area contributed by atoms with Gasteiger partial charge in [-0.05, 0) is 12.5 Å². The molecule has 0 amide bonds. The number of hydrogen-bond donors (Lipinski definition) is 2. The highest BCUT2D eigenvalue weighted by Gasteiger charge is 2.39. The largest absolute Gasteiger partial charge is 0.481 e. The van der Waals surface area contributed by atoms with Crippen LogP contribution in [0.3, 0.4) is 0 Å². The number of carbonyl (C=O) groups is 1. The van der Waals surface area contributed by atoms with E-state index in [1.807, 2.05) is 0 Å². The molecule has 0 bridgehead atoms. The molecule has 2 aromatic heterocycles. The molecule has 2 N–H and O–H groups in total. The van der Waals surface area contributed by atoms with Gasteiger partial charge in [0.1, 0.15) is 0 Å². The third-order valence-electron chi connectivity index (χ3n) is 2.51. The monoisotopic (exact) mass is 274 g/mol. The molecule has 8 heteroatoms. The van der Waals surface area contributed by atoms with Gasteiger partial charge in [-0.25, -0.2) is 0 Å². The minimum absolute atomic E-state index is 0.0603. The minimum Gasteiger partial charge on any atom is -0.481 e. The topological polar surface area (TPSA) is 79.1 Å². The molecule has 0 atom stereocenters. The third kappa shape index (κ3) is 2.78. The predicted octanol–water partition coefficient (Wildman–Crippen LogP) is 2.71. The van der Waals surface area contributed by atoms with Crippen LogP contribution in [0.5, 0.6) is 0 Å². The SMILES string of the molecule is O=C(O)CCc1c(C(F)(F)F)noc1-c1cc[nH]c1. The van der Waals surface area contributed by atoms with Crippen LogP contribution in [0.2, 0.25) is 0 Å². The standard InChI is InChI=1S/C11H9F3N2O3/c12-11(13,14)10-7(1-2-8(17)18)9(19-16-10)6-3-4-15-5-6/h3-5,15H,1-2H2,(H,17,18). The molecule has 2 heterocycles. The molecule has 0 aliphatic heterocycles. The quantitative estimate of drug-likeness (QED) is 0.898. The number of aliphatic carboxylic acids is 1. The van der Waals surface area contributed by atoms with Crippen LogP contribution in [0, 0.1) is 0 Å². The number of rotatable bonds is 4. The molecule has 2 aromatic rings. The van der Waals surface area contributed by atoms with E-state index in [9.17, 15) is 18.0 Å². The highest BCUT2D eigenvalue weighted by Crippen LogP contribution is 2.36. The summed E-state index contributed by atoms with van der Waals surface area (Å²) in [5.74, 6) is -1.25. The van der Waals surface area contributed by atoms with Crippen LogP contribution in [0.15, 0.2) is 23.0 Å². The Bertz CT molecular complexity index is 573. The fraction of sp³-hybridized carbons (Fsp3) is 0.273. The Balaban J connectivity index is 2.44. The Morgan fingerprint density at radius 2 is 2.21 bits per heavy atom. The van der Waals surface area contributed by atoms with Crippen molar-refractivity contribution in [3.63, 3.8) is 0 Å². The van der Waals surface area contributed by atoms with Crippen LogP contribution in [-0.4, -0.2) is 21.2 Å². The summed E-state index contributed by atoms with van der Waals surface area (Å²) in [5.41, 5.74) is -1.03. The number of nitrogens with one attached hydrogen (secondary N) is 1. The molecule has 0 spiro atoms. The van der Waals surface area contributed by atoms with Crippen LogP contribution in [0.1, 0.15) is 17.7 Å². The summed E-state index contributed by atoms with van der Waals surface area (Å²) in [5, 5.41) is 11.6. The van der Waals surface area contributed by atoms with Crippen molar-refractivity contribution in [2.24, 2.45) is 0 Å². The molecule has 5 nitrogen and oxygen atoms in total. The van der Waals surface area contributed by atoms with Crippen LogP contribution < -0.4 is 0 Å². The zero-order valence-electron chi connectivity index (χ0n) is 9.49. The Hall–Kier alpha value is -2.25. The van der Waals surface area contributed by atoms with Gasteiger partial charge in [0, 0.05) is 29.9 Å². The molecule has 19 heavy (non-hydrogen) atoms. The molecular weight excluding hydrogens is 265 g/mol. The highest BCUT2D eigenvalue weighted by atomic mass is 19.4. The summed E-state index contributed by atoms with van der Waals surface area (Å²) >= 11 is 0. The molecule has 0 fully saturated rings. The number of carboxylic acid groups (broad SMARTS) is 1. The maximum absolute atomic E-state index is 12.8. The van der Waals surface area contributed by atoms with Gasteiger partial charge in [0.05, 0.1) is 0 Å². The van der Waals surface area contributed by atoms with Crippen molar-refractivity contribution in [2.45, 2.75) is 19.0 Å². The lowest BCUT2D eigenvalue weighted by molar-refractivity contribution is -0.144. The zero-order valence-corrected chi connectivity index (χ0v) is 9.49. The number of H-pyrrole nitrogens is 1. The van der Waals surface area contributed by atoms with E-state index in [1.54, 1.807) is 0 Å². The van der Waals surface area contributed by atoms with E-state index in [-0.39, 0.29) is 17.7 Å². The Morgan fingerprint density at radius 1 is 1.47 bits per heavy atom. The second-order valence-electron chi connectivity index (χ2n) is 3.83. The molecule has 0 saturated carbocycles. The molecule has 0 aliphatic rings. The summed E-state index contributed by atoms with van der Waals surface area (Å²) in [7, 11) is 0. The first-order valence-corrected chi connectivity index (χ1v) is 5.30. The molecule has 0 unspecified atom stereocenters. The van der Waals surface area contributed by atoms with E-state index < -0.39 is 24.3 Å². The molecule has 0 radical (unpaired) electrons. The number of hydrogen-bond acceptors (Lipinski definition) is 3. The first-order valence-electron chi connectivity index (χ1n) is 5.30. The Morgan fingerprint density at radius 3 is 2.74 bits per heavy atom. The number of carboxylic acids is 1. The van der Waals surface area contributed by atoms with E-state index in [2.05, 4.69) is 10.1 Å². The van der Waals surface area contributed by atoms with Crippen molar-refractivity contribution in [1.82, 2.24) is 10.1 Å². The smallest absolute Gasteiger partial charge is 0.437 e. The lowest BCUT2D eigenvalue weighted by Crippen LogP contribution is -2.10. The predicted molar refractivity (Wildman–Crippen MR) is 57.2 cm³/mol. The fourth-order valence-corrected chi connectivity index (χ4v) is 1.69. The maximum atomic E-state index is 12.8. The molecule has 0 saturated heterocycles. The van der Waals surface area contributed by atoms with Crippen molar-refractivity contribution in [1.29, 1.82) is 0 Å². The average Bonchev–Trinajstić information content (AvgIpc) is 2.93. The molecule has 0 aromatic carbocycles. The Kier molecular flexibility index (Phi) is 3.32. The van der Waals surface area contributed by atoms with E-state index in [0.29, 0.717) is 5.56 Å². The van der Waals surface area contributed by atoms with Gasteiger partial charge < -0.3 is 14.6 Å². The van der Waals surface area contributed by atoms with Crippen LogP contribution in [0.25, 0.3) is 11.3 Å². The van der Waals surface area contributed by atoms with Gasteiger partial charge in [0.2, 0.25) is 0 Å². The van der Waals surface area contributed by atoms with E-state index in [4.69, 9.17) is 9.63 Å². The number of halogens is 3. The van der Waals surface area contributed by atoms with Crippen molar-refractivity contribution in [3.8, 4) is 11.3 Å². The lowest BCUT2D eigenvalue weighted by atomic mass is 10.0. The molecule has 0 aliphatic carbocycles. The fourth-order valence-electron chi connectivity index (χ4n) is 1.69. The second-order valence-corrected chi connectivity index (χ2v) is 3.83. The maximum Gasteiger partial charge on any atom is 0.437 e. The molecular formula is C11H9F3N2O3. The van der Waals surface area contributed by atoms with Gasteiger partial charge >= 0.3 is 12.1 Å². The molecule has 102 valence electrons. The van der Waals surface area contributed by atoms with Crippen LogP contribution in [-0.2, 0) is 17.4 Å². The van der Waals surface area contributed by atoms with Gasteiger partial charge in [-0.2, -0.15) is 13.2 Å². The Labute approximate surface area is 105 Å². The van der Waals surface area contributed by atoms with Gasteiger partial charge in [0.25, 0.3) is 0 Å². The first-order chi connectivity index (χ1) is 8.89. The summed E-state index contributed by atoms with van der Waals surface area (Å²) in [6.45, 7) is 0. The van der Waals surface area contributed by atoms with E-state index in [0.717, 1.165) is 0 Å².